The third-order valence-corrected chi connectivity index (χ3v) is 3.34. The van der Waals surface area contributed by atoms with E-state index >= 15 is 0 Å². The molecule has 25 heavy (non-hydrogen) atoms. The summed E-state index contributed by atoms with van der Waals surface area (Å²) in [5.74, 6) is 0.731. The van der Waals surface area contributed by atoms with Gasteiger partial charge in [-0.05, 0) is 17.7 Å². The molecule has 0 heterocycles. The quantitative estimate of drug-likeness (QED) is 0.472. The van der Waals surface area contributed by atoms with Gasteiger partial charge in [0.1, 0.15) is 0 Å². The number of ether oxygens (including phenoxy) is 2. The Morgan fingerprint density at radius 2 is 1.92 bits per heavy atom. The molecule has 0 radical (unpaired) electrons. The molecule has 0 aliphatic heterocycles. The topological polar surface area (TPSA) is 103 Å². The second kappa shape index (κ2) is 8.44. The summed E-state index contributed by atoms with van der Waals surface area (Å²) in [7, 11) is 3.05. The van der Waals surface area contributed by atoms with Crippen molar-refractivity contribution in [2.24, 2.45) is 5.10 Å². The van der Waals surface area contributed by atoms with Gasteiger partial charge in [-0.2, -0.15) is 5.10 Å². The van der Waals surface area contributed by atoms with Gasteiger partial charge in [0.2, 0.25) is 5.91 Å². The molecule has 8 nitrogen and oxygen atoms in total. The van der Waals surface area contributed by atoms with Crippen LogP contribution in [0.5, 0.6) is 11.5 Å². The van der Waals surface area contributed by atoms with Gasteiger partial charge in [0.05, 0.1) is 31.8 Å². The number of hydrogen-bond acceptors (Lipinski definition) is 6. The van der Waals surface area contributed by atoms with Gasteiger partial charge in [0, 0.05) is 17.7 Å². The van der Waals surface area contributed by atoms with Gasteiger partial charge >= 0.3 is 0 Å². The first-order valence-electron chi connectivity index (χ1n) is 7.31. The average molecular weight is 343 g/mol. The number of non-ortho nitro benzene ring substituents is 1. The highest BCUT2D eigenvalue weighted by Gasteiger charge is 2.08. The molecule has 0 aliphatic rings. The van der Waals surface area contributed by atoms with Crippen molar-refractivity contribution in [2.45, 2.75) is 6.42 Å². The molecule has 8 heteroatoms. The van der Waals surface area contributed by atoms with Crippen molar-refractivity contribution >= 4 is 17.8 Å². The lowest BCUT2D eigenvalue weighted by atomic mass is 10.1. The zero-order valence-corrected chi connectivity index (χ0v) is 13.8. The number of hydrogen-bond donors (Lipinski definition) is 1. The highest BCUT2D eigenvalue weighted by atomic mass is 16.6. The van der Waals surface area contributed by atoms with Crippen LogP contribution in [0.25, 0.3) is 0 Å². The minimum atomic E-state index is -0.490. The van der Waals surface area contributed by atoms with Gasteiger partial charge in [-0.3, -0.25) is 14.9 Å². The summed E-state index contributed by atoms with van der Waals surface area (Å²) in [5.41, 5.74) is 3.69. The van der Waals surface area contributed by atoms with E-state index in [4.69, 9.17) is 9.47 Å². The molecular formula is C17H17N3O5. The lowest BCUT2D eigenvalue weighted by Crippen LogP contribution is -2.19. The fourth-order valence-electron chi connectivity index (χ4n) is 2.15. The molecule has 0 saturated heterocycles. The predicted molar refractivity (Wildman–Crippen MR) is 92.1 cm³/mol. The number of carbonyl (C=O) groups is 1. The van der Waals surface area contributed by atoms with Crippen molar-refractivity contribution in [1.29, 1.82) is 0 Å². The Morgan fingerprint density at radius 3 is 2.52 bits per heavy atom. The van der Waals surface area contributed by atoms with Crippen LogP contribution in [0.15, 0.2) is 47.6 Å². The van der Waals surface area contributed by atoms with Crippen molar-refractivity contribution in [2.75, 3.05) is 14.2 Å². The van der Waals surface area contributed by atoms with E-state index in [-0.39, 0.29) is 18.0 Å². The smallest absolute Gasteiger partial charge is 0.269 e. The number of benzene rings is 2. The molecule has 0 atom stereocenters. The Morgan fingerprint density at radius 1 is 1.20 bits per heavy atom. The van der Waals surface area contributed by atoms with E-state index in [1.165, 1.54) is 44.7 Å². The summed E-state index contributed by atoms with van der Waals surface area (Å²) in [6, 6.07) is 11.1. The average Bonchev–Trinajstić information content (AvgIpc) is 2.61. The van der Waals surface area contributed by atoms with Gasteiger partial charge in [0.25, 0.3) is 5.69 Å². The summed E-state index contributed by atoms with van der Waals surface area (Å²) in [4.78, 5) is 22.0. The first-order chi connectivity index (χ1) is 12.0. The fraction of sp³-hybridized carbons (Fsp3) is 0.176. The molecule has 0 unspecified atom stereocenters. The maximum atomic E-state index is 11.9. The van der Waals surface area contributed by atoms with E-state index in [1.54, 1.807) is 18.2 Å². The number of nitrogens with one attached hydrogen (secondary N) is 1. The molecular weight excluding hydrogens is 326 g/mol. The van der Waals surface area contributed by atoms with Gasteiger partial charge in [-0.25, -0.2) is 5.43 Å². The Labute approximate surface area is 144 Å². The molecule has 2 aromatic rings. The third kappa shape index (κ3) is 4.77. The number of carbonyl (C=O) groups excluding carboxylic acids is 1. The first kappa shape index (κ1) is 17.9. The maximum Gasteiger partial charge on any atom is 0.269 e. The highest BCUT2D eigenvalue weighted by molar-refractivity contribution is 5.86. The Bertz CT molecular complexity index is 787. The van der Waals surface area contributed by atoms with Gasteiger partial charge in [0.15, 0.2) is 11.5 Å². The van der Waals surface area contributed by atoms with E-state index in [1.807, 2.05) is 0 Å². The Balaban J connectivity index is 1.98. The van der Waals surface area contributed by atoms with Crippen molar-refractivity contribution in [1.82, 2.24) is 5.43 Å². The molecule has 0 bridgehead atoms. The minimum absolute atomic E-state index is 0.0210. The summed E-state index contributed by atoms with van der Waals surface area (Å²) in [6.07, 6.45) is 1.51. The number of nitro benzene ring substituents is 1. The maximum absolute atomic E-state index is 11.9. The number of para-hydroxylation sites is 1. The van der Waals surface area contributed by atoms with Crippen LogP contribution in [0, 0.1) is 10.1 Å². The standard InChI is InChI=1S/C17H17N3O5/c1-24-15-5-3-4-13(17(15)25-2)11-18-19-16(21)10-12-6-8-14(9-7-12)20(22)23/h3-9,11H,10H2,1-2H3,(H,19,21). The van der Waals surface area contributed by atoms with Crippen molar-refractivity contribution in [3.63, 3.8) is 0 Å². The van der Waals surface area contributed by atoms with E-state index in [9.17, 15) is 14.9 Å². The van der Waals surface area contributed by atoms with Crippen LogP contribution in [0.4, 0.5) is 5.69 Å². The van der Waals surface area contributed by atoms with Gasteiger partial charge < -0.3 is 9.47 Å². The van der Waals surface area contributed by atoms with E-state index in [2.05, 4.69) is 10.5 Å². The van der Waals surface area contributed by atoms with Crippen LogP contribution >= 0.6 is 0 Å². The highest BCUT2D eigenvalue weighted by Crippen LogP contribution is 2.29. The lowest BCUT2D eigenvalue weighted by molar-refractivity contribution is -0.384. The summed E-state index contributed by atoms with van der Waals surface area (Å²) < 4.78 is 10.5. The number of nitrogens with zero attached hydrogens (tertiary/aromatic N) is 2. The summed E-state index contributed by atoms with van der Waals surface area (Å²) in [6.45, 7) is 0. The molecule has 2 aromatic carbocycles. The first-order valence-corrected chi connectivity index (χ1v) is 7.31. The van der Waals surface area contributed by atoms with Gasteiger partial charge in [-0.15, -0.1) is 0 Å². The van der Waals surface area contributed by atoms with Crippen LogP contribution in [0.2, 0.25) is 0 Å². The van der Waals surface area contributed by atoms with E-state index in [0.717, 1.165) is 0 Å². The molecule has 0 saturated carbocycles. The Kier molecular flexibility index (Phi) is 6.05. The number of amides is 1. The number of rotatable bonds is 7. The van der Waals surface area contributed by atoms with Gasteiger partial charge in [-0.1, -0.05) is 18.2 Å². The van der Waals surface area contributed by atoms with Crippen LogP contribution in [-0.4, -0.2) is 31.3 Å². The van der Waals surface area contributed by atoms with E-state index < -0.39 is 4.92 Å². The van der Waals surface area contributed by atoms with Crippen LogP contribution in [-0.2, 0) is 11.2 Å². The normalized spacial score (nSPS) is 10.5. The molecule has 0 aliphatic carbocycles. The van der Waals surface area contributed by atoms with Crippen LogP contribution < -0.4 is 14.9 Å². The van der Waals surface area contributed by atoms with Crippen molar-refractivity contribution < 1.29 is 19.2 Å². The third-order valence-electron chi connectivity index (χ3n) is 3.34. The zero-order chi connectivity index (χ0) is 18.2. The number of hydrazone groups is 1. The predicted octanol–water partition coefficient (Wildman–Crippen LogP) is 2.30. The second-order valence-electron chi connectivity index (χ2n) is 4.98. The van der Waals surface area contributed by atoms with E-state index in [0.29, 0.717) is 22.6 Å². The second-order valence-corrected chi connectivity index (χ2v) is 4.98. The molecule has 1 N–H and O–H groups in total. The summed E-state index contributed by atoms with van der Waals surface area (Å²) in [5, 5.41) is 14.5. The summed E-state index contributed by atoms with van der Waals surface area (Å²) >= 11 is 0. The molecule has 0 fully saturated rings. The molecule has 0 spiro atoms. The minimum Gasteiger partial charge on any atom is -0.493 e. The molecule has 1 amide bonds. The SMILES string of the molecule is COc1cccc(C=NNC(=O)Cc2ccc([N+](=O)[O-])cc2)c1OC. The monoisotopic (exact) mass is 343 g/mol. The van der Waals surface area contributed by atoms with Crippen LogP contribution in [0.1, 0.15) is 11.1 Å². The zero-order valence-electron chi connectivity index (χ0n) is 13.8. The number of methoxy groups -OCH3 is 2. The molecule has 130 valence electrons. The van der Waals surface area contributed by atoms with Crippen molar-refractivity contribution in [3.05, 3.63) is 63.7 Å². The van der Waals surface area contributed by atoms with Crippen LogP contribution in [0.3, 0.4) is 0 Å². The fourth-order valence-corrected chi connectivity index (χ4v) is 2.15. The molecule has 2 rings (SSSR count). The number of nitro groups is 1. The molecule has 0 aromatic heterocycles. The Hall–Kier alpha value is -3.42. The largest absolute Gasteiger partial charge is 0.493 e. The van der Waals surface area contributed by atoms with Crippen molar-refractivity contribution in [3.8, 4) is 11.5 Å². The lowest BCUT2D eigenvalue weighted by Gasteiger charge is -2.09.